The van der Waals surface area contributed by atoms with Crippen LogP contribution in [-0.2, 0) is 0 Å². The van der Waals surface area contributed by atoms with Crippen molar-refractivity contribution in [3.05, 3.63) is 29.8 Å². The smallest absolute Gasteiger partial charge is 0.120 e. The first-order valence-electron chi connectivity index (χ1n) is 6.56. The number of aliphatic hydroxyl groups is 1. The molecule has 0 aliphatic carbocycles. The fourth-order valence-electron chi connectivity index (χ4n) is 1.81. The average Bonchev–Trinajstić information content (AvgIpc) is 2.27. The van der Waals surface area contributed by atoms with Crippen molar-refractivity contribution in [2.75, 3.05) is 0 Å². The molecule has 0 aliphatic rings. The van der Waals surface area contributed by atoms with Crippen LogP contribution in [-0.4, -0.2) is 16.8 Å². The van der Waals surface area contributed by atoms with Gasteiger partial charge in [-0.1, -0.05) is 25.5 Å². The van der Waals surface area contributed by atoms with Gasteiger partial charge < -0.3 is 15.6 Å². The Balaban J connectivity index is 2.70. The molecule has 1 aromatic carbocycles. The van der Waals surface area contributed by atoms with Gasteiger partial charge in [0.15, 0.2) is 0 Å². The molecule has 0 saturated heterocycles. The van der Waals surface area contributed by atoms with Gasteiger partial charge >= 0.3 is 0 Å². The van der Waals surface area contributed by atoms with E-state index in [4.69, 9.17) is 10.5 Å². The molecule has 0 saturated carbocycles. The summed E-state index contributed by atoms with van der Waals surface area (Å²) in [6.45, 7) is 8.07. The Labute approximate surface area is 110 Å². The lowest BCUT2D eigenvalue weighted by Gasteiger charge is -2.22. The molecule has 2 atom stereocenters. The molecule has 0 fully saturated rings. The predicted octanol–water partition coefficient (Wildman–Crippen LogP) is 3.02. The van der Waals surface area contributed by atoms with Gasteiger partial charge in [-0.2, -0.15) is 0 Å². The van der Waals surface area contributed by atoms with Crippen molar-refractivity contribution >= 4 is 0 Å². The highest BCUT2D eigenvalue weighted by Gasteiger charge is 2.16. The van der Waals surface area contributed by atoms with Crippen LogP contribution < -0.4 is 10.5 Å². The van der Waals surface area contributed by atoms with Gasteiger partial charge in [-0.05, 0) is 44.9 Å². The number of hydrogen-bond acceptors (Lipinski definition) is 3. The fraction of sp³-hybridized carbons (Fsp3) is 0.600. The maximum absolute atomic E-state index is 9.87. The van der Waals surface area contributed by atoms with Crippen LogP contribution in [0.2, 0.25) is 0 Å². The minimum absolute atomic E-state index is 0.203. The molecular weight excluding hydrogens is 226 g/mol. The summed E-state index contributed by atoms with van der Waals surface area (Å²) in [4.78, 5) is 0. The number of hydrogen-bond donors (Lipinski definition) is 2. The van der Waals surface area contributed by atoms with E-state index in [0.717, 1.165) is 24.2 Å². The van der Waals surface area contributed by atoms with Crippen LogP contribution in [0.4, 0.5) is 0 Å². The van der Waals surface area contributed by atoms with Crippen molar-refractivity contribution in [2.45, 2.75) is 58.3 Å². The van der Waals surface area contributed by atoms with E-state index in [1.165, 1.54) is 0 Å². The Hall–Kier alpha value is -1.06. The van der Waals surface area contributed by atoms with Gasteiger partial charge in [-0.15, -0.1) is 0 Å². The number of benzene rings is 1. The van der Waals surface area contributed by atoms with Gasteiger partial charge in [0.1, 0.15) is 11.4 Å². The van der Waals surface area contributed by atoms with Crippen LogP contribution in [0.5, 0.6) is 5.75 Å². The Bertz CT molecular complexity index is 354. The second-order valence-electron chi connectivity index (χ2n) is 5.67. The maximum Gasteiger partial charge on any atom is 0.120 e. The molecule has 0 aromatic heterocycles. The third kappa shape index (κ3) is 4.67. The summed E-state index contributed by atoms with van der Waals surface area (Å²) in [5.74, 6) is 0.823. The Morgan fingerprint density at radius 3 is 2.22 bits per heavy atom. The van der Waals surface area contributed by atoms with Crippen LogP contribution in [0.1, 0.15) is 52.1 Å². The van der Waals surface area contributed by atoms with Crippen molar-refractivity contribution in [3.63, 3.8) is 0 Å². The summed E-state index contributed by atoms with van der Waals surface area (Å²) in [5.41, 5.74) is 6.75. The van der Waals surface area contributed by atoms with Crippen LogP contribution >= 0.6 is 0 Å². The van der Waals surface area contributed by atoms with Crippen LogP contribution in [0, 0.1) is 0 Å². The topological polar surface area (TPSA) is 55.5 Å². The van der Waals surface area contributed by atoms with Crippen molar-refractivity contribution in [3.8, 4) is 5.75 Å². The molecule has 1 rings (SSSR count). The summed E-state index contributed by atoms with van der Waals surface area (Å²) in [6, 6.07) is 7.32. The number of ether oxygens (including phenoxy) is 1. The first-order valence-corrected chi connectivity index (χ1v) is 6.56. The molecule has 3 N–H and O–H groups in total. The molecule has 3 heteroatoms. The van der Waals surface area contributed by atoms with E-state index in [2.05, 4.69) is 0 Å². The summed E-state index contributed by atoms with van der Waals surface area (Å²) >= 11 is 0. The van der Waals surface area contributed by atoms with Gasteiger partial charge in [-0.25, -0.2) is 0 Å². The molecule has 0 spiro atoms. The van der Waals surface area contributed by atoms with Crippen molar-refractivity contribution in [1.82, 2.24) is 0 Å². The SMILES string of the molecule is CCC[C@H](O)[C@H](N)c1ccc(OC(C)(C)C)cc1. The fourth-order valence-corrected chi connectivity index (χ4v) is 1.81. The quantitative estimate of drug-likeness (QED) is 0.845. The molecule has 18 heavy (non-hydrogen) atoms. The van der Waals surface area contributed by atoms with E-state index >= 15 is 0 Å². The number of rotatable bonds is 5. The highest BCUT2D eigenvalue weighted by molar-refractivity contribution is 5.30. The van der Waals surface area contributed by atoms with E-state index in [1.807, 2.05) is 52.0 Å². The molecule has 1 aromatic rings. The zero-order valence-corrected chi connectivity index (χ0v) is 11.8. The zero-order valence-electron chi connectivity index (χ0n) is 11.8. The summed E-state index contributed by atoms with van der Waals surface area (Å²) < 4.78 is 5.74. The first kappa shape index (κ1) is 15.0. The molecule has 0 unspecified atom stereocenters. The Morgan fingerprint density at radius 2 is 1.78 bits per heavy atom. The molecule has 3 nitrogen and oxygen atoms in total. The van der Waals surface area contributed by atoms with Crippen molar-refractivity contribution in [2.24, 2.45) is 5.73 Å². The van der Waals surface area contributed by atoms with Gasteiger partial charge in [0.05, 0.1) is 12.1 Å². The molecule has 0 aliphatic heterocycles. The molecule has 0 bridgehead atoms. The van der Waals surface area contributed by atoms with E-state index in [1.54, 1.807) is 0 Å². The van der Waals surface area contributed by atoms with E-state index < -0.39 is 6.10 Å². The highest BCUT2D eigenvalue weighted by atomic mass is 16.5. The second-order valence-corrected chi connectivity index (χ2v) is 5.67. The van der Waals surface area contributed by atoms with Crippen molar-refractivity contribution < 1.29 is 9.84 Å². The highest BCUT2D eigenvalue weighted by Crippen LogP contribution is 2.23. The van der Waals surface area contributed by atoms with Crippen LogP contribution in [0.25, 0.3) is 0 Å². The normalized spacial score (nSPS) is 15.2. The van der Waals surface area contributed by atoms with E-state index in [9.17, 15) is 5.11 Å². The minimum Gasteiger partial charge on any atom is -0.488 e. The van der Waals surface area contributed by atoms with Crippen LogP contribution in [0.15, 0.2) is 24.3 Å². The number of nitrogens with two attached hydrogens (primary N) is 1. The van der Waals surface area contributed by atoms with Gasteiger partial charge in [0.2, 0.25) is 0 Å². The predicted molar refractivity (Wildman–Crippen MR) is 74.7 cm³/mol. The molecule has 0 heterocycles. The monoisotopic (exact) mass is 251 g/mol. The molecular formula is C15H25NO2. The lowest BCUT2D eigenvalue weighted by atomic mass is 9.99. The third-order valence-electron chi connectivity index (χ3n) is 2.69. The molecule has 0 amide bonds. The second kappa shape index (κ2) is 6.21. The lowest BCUT2D eigenvalue weighted by molar-refractivity contribution is 0.129. The average molecular weight is 251 g/mol. The molecule has 0 radical (unpaired) electrons. The first-order chi connectivity index (χ1) is 8.33. The van der Waals surface area contributed by atoms with Gasteiger partial charge in [-0.3, -0.25) is 0 Å². The summed E-state index contributed by atoms with van der Waals surface area (Å²) in [6.07, 6.45) is 1.17. The largest absolute Gasteiger partial charge is 0.488 e. The lowest BCUT2D eigenvalue weighted by Crippen LogP contribution is -2.26. The van der Waals surface area contributed by atoms with Gasteiger partial charge in [0, 0.05) is 0 Å². The maximum atomic E-state index is 9.87. The Morgan fingerprint density at radius 1 is 1.22 bits per heavy atom. The number of aliphatic hydroxyl groups excluding tert-OH is 1. The van der Waals surface area contributed by atoms with E-state index in [-0.39, 0.29) is 11.6 Å². The third-order valence-corrected chi connectivity index (χ3v) is 2.69. The van der Waals surface area contributed by atoms with Crippen molar-refractivity contribution in [1.29, 1.82) is 0 Å². The standard InChI is InChI=1S/C15H25NO2/c1-5-6-13(17)14(16)11-7-9-12(10-8-11)18-15(2,3)4/h7-10,13-14,17H,5-6,16H2,1-4H3/t13-,14+/m0/s1. The van der Waals surface area contributed by atoms with Crippen LogP contribution in [0.3, 0.4) is 0 Å². The zero-order chi connectivity index (χ0) is 13.8. The Kier molecular flexibility index (Phi) is 5.17. The summed E-state index contributed by atoms with van der Waals surface area (Å²) in [5, 5.41) is 9.87. The molecule has 102 valence electrons. The van der Waals surface area contributed by atoms with E-state index in [0.29, 0.717) is 0 Å². The van der Waals surface area contributed by atoms with Gasteiger partial charge in [0.25, 0.3) is 0 Å². The summed E-state index contributed by atoms with van der Waals surface area (Å²) in [7, 11) is 0. The minimum atomic E-state index is -0.482.